The zero-order chi connectivity index (χ0) is 13.7. The molecule has 0 aliphatic carbocycles. The lowest BCUT2D eigenvalue weighted by molar-refractivity contribution is -0.125. The summed E-state index contributed by atoms with van der Waals surface area (Å²) >= 11 is 0. The molecule has 19 heavy (non-hydrogen) atoms. The molecule has 6 nitrogen and oxygen atoms in total. The van der Waals surface area contributed by atoms with Crippen LogP contribution in [0.5, 0.6) is 0 Å². The third kappa shape index (κ3) is 3.79. The lowest BCUT2D eigenvalue weighted by atomic mass is 10.2. The van der Waals surface area contributed by atoms with Crippen LogP contribution in [0.15, 0.2) is 24.3 Å². The fourth-order valence-corrected chi connectivity index (χ4v) is 1.86. The summed E-state index contributed by atoms with van der Waals surface area (Å²) in [4.78, 5) is 24.8. The predicted molar refractivity (Wildman–Crippen MR) is 69.2 cm³/mol. The highest BCUT2D eigenvalue weighted by Gasteiger charge is 2.18. The molecule has 0 radical (unpaired) electrons. The van der Waals surface area contributed by atoms with Crippen LogP contribution in [-0.4, -0.2) is 42.9 Å². The van der Waals surface area contributed by atoms with Crippen molar-refractivity contribution in [2.75, 3.05) is 31.5 Å². The minimum Gasteiger partial charge on any atom is -0.354 e. The van der Waals surface area contributed by atoms with Gasteiger partial charge in [-0.2, -0.15) is 5.26 Å². The van der Waals surface area contributed by atoms with Crippen molar-refractivity contribution in [2.45, 2.75) is 0 Å². The number of rotatable bonds is 3. The van der Waals surface area contributed by atoms with Gasteiger partial charge in [-0.3, -0.25) is 14.5 Å². The second-order valence-corrected chi connectivity index (χ2v) is 4.30. The quantitative estimate of drug-likeness (QED) is 0.794. The lowest BCUT2D eigenvalue weighted by Crippen LogP contribution is -2.49. The molecule has 2 N–H and O–H groups in total. The molecule has 0 saturated carbocycles. The smallest absolute Gasteiger partial charge is 0.238 e. The van der Waals surface area contributed by atoms with Crippen molar-refractivity contribution in [3.63, 3.8) is 0 Å². The van der Waals surface area contributed by atoms with Gasteiger partial charge >= 0.3 is 0 Å². The number of carbonyl (C=O) groups is 2. The molecule has 1 aromatic rings. The van der Waals surface area contributed by atoms with Gasteiger partial charge in [-0.15, -0.1) is 0 Å². The number of benzene rings is 1. The molecule has 1 aromatic carbocycles. The van der Waals surface area contributed by atoms with Crippen molar-refractivity contribution < 1.29 is 9.59 Å². The second-order valence-electron chi connectivity index (χ2n) is 4.30. The number of hydrogen-bond donors (Lipinski definition) is 2. The molecule has 0 aromatic heterocycles. The number of anilines is 1. The first-order valence-corrected chi connectivity index (χ1v) is 5.96. The molecule has 0 spiro atoms. The molecule has 98 valence electrons. The molecule has 0 atom stereocenters. The third-order valence-corrected chi connectivity index (χ3v) is 2.78. The van der Waals surface area contributed by atoms with Crippen LogP contribution in [0.25, 0.3) is 0 Å². The van der Waals surface area contributed by atoms with Crippen molar-refractivity contribution in [3.05, 3.63) is 29.8 Å². The van der Waals surface area contributed by atoms with Gasteiger partial charge in [0.2, 0.25) is 11.8 Å². The molecule has 1 aliphatic heterocycles. The van der Waals surface area contributed by atoms with E-state index < -0.39 is 0 Å². The molecular formula is C13H14N4O2. The summed E-state index contributed by atoms with van der Waals surface area (Å²) in [6.45, 7) is 1.68. The van der Waals surface area contributed by atoms with Gasteiger partial charge in [0.05, 0.1) is 24.7 Å². The average Bonchev–Trinajstić information content (AvgIpc) is 2.39. The molecular weight excluding hydrogens is 244 g/mol. The van der Waals surface area contributed by atoms with E-state index in [9.17, 15) is 9.59 Å². The standard InChI is InChI=1S/C13H14N4O2/c14-7-10-1-3-11(4-2-10)16-13(19)9-17-6-5-15-12(18)8-17/h1-4H,5-6,8-9H2,(H,15,18)(H,16,19). The van der Waals surface area contributed by atoms with Crippen LogP contribution in [0.2, 0.25) is 0 Å². The highest BCUT2D eigenvalue weighted by Crippen LogP contribution is 2.08. The Morgan fingerprint density at radius 1 is 1.42 bits per heavy atom. The van der Waals surface area contributed by atoms with Gasteiger partial charge in [0.25, 0.3) is 0 Å². The average molecular weight is 258 g/mol. The number of nitrogens with zero attached hydrogens (tertiary/aromatic N) is 2. The van der Waals surface area contributed by atoms with Crippen LogP contribution in [0.1, 0.15) is 5.56 Å². The maximum atomic E-state index is 11.8. The molecule has 1 aliphatic rings. The fraction of sp³-hybridized carbons (Fsp3) is 0.308. The van der Waals surface area contributed by atoms with Crippen molar-refractivity contribution >= 4 is 17.5 Å². The summed E-state index contributed by atoms with van der Waals surface area (Å²) in [5, 5.41) is 14.1. The minimum atomic E-state index is -0.167. The molecule has 0 bridgehead atoms. The number of nitrogens with one attached hydrogen (secondary N) is 2. The van der Waals surface area contributed by atoms with E-state index in [-0.39, 0.29) is 24.9 Å². The molecule has 2 rings (SSSR count). The van der Waals surface area contributed by atoms with E-state index >= 15 is 0 Å². The summed E-state index contributed by atoms with van der Waals surface area (Å²) < 4.78 is 0. The Hall–Kier alpha value is -2.39. The largest absolute Gasteiger partial charge is 0.354 e. The number of hydrogen-bond acceptors (Lipinski definition) is 4. The van der Waals surface area contributed by atoms with Gasteiger partial charge in [-0.1, -0.05) is 0 Å². The summed E-state index contributed by atoms with van der Waals surface area (Å²) in [7, 11) is 0. The van der Waals surface area contributed by atoms with E-state index in [0.29, 0.717) is 24.3 Å². The molecule has 1 fully saturated rings. The summed E-state index contributed by atoms with van der Waals surface area (Å²) in [5.41, 5.74) is 1.19. The van der Waals surface area contributed by atoms with E-state index in [1.54, 1.807) is 29.2 Å². The maximum absolute atomic E-state index is 11.8. The normalized spacial score (nSPS) is 15.4. The number of carbonyl (C=O) groups excluding carboxylic acids is 2. The SMILES string of the molecule is N#Cc1ccc(NC(=O)CN2CCNC(=O)C2)cc1. The van der Waals surface area contributed by atoms with E-state index in [2.05, 4.69) is 10.6 Å². The van der Waals surface area contributed by atoms with Gasteiger partial charge in [0.1, 0.15) is 0 Å². The lowest BCUT2D eigenvalue weighted by Gasteiger charge is -2.25. The first kappa shape index (κ1) is 13.1. The Kier molecular flexibility index (Phi) is 4.11. The highest BCUT2D eigenvalue weighted by molar-refractivity contribution is 5.92. The number of piperazine rings is 1. The molecule has 1 heterocycles. The van der Waals surface area contributed by atoms with Crippen LogP contribution in [-0.2, 0) is 9.59 Å². The Bertz CT molecular complexity index is 518. The van der Waals surface area contributed by atoms with Crippen LogP contribution in [0.4, 0.5) is 5.69 Å². The zero-order valence-electron chi connectivity index (χ0n) is 10.3. The Balaban J connectivity index is 1.86. The third-order valence-electron chi connectivity index (χ3n) is 2.78. The van der Waals surface area contributed by atoms with E-state index in [1.807, 2.05) is 6.07 Å². The highest BCUT2D eigenvalue weighted by atomic mass is 16.2. The molecule has 2 amide bonds. The van der Waals surface area contributed by atoms with Crippen molar-refractivity contribution in [2.24, 2.45) is 0 Å². The summed E-state index contributed by atoms with van der Waals surface area (Å²) in [6, 6.07) is 8.66. The number of nitriles is 1. The zero-order valence-corrected chi connectivity index (χ0v) is 10.3. The molecule has 6 heteroatoms. The van der Waals surface area contributed by atoms with Gasteiger partial charge in [0.15, 0.2) is 0 Å². The van der Waals surface area contributed by atoms with Gasteiger partial charge < -0.3 is 10.6 Å². The van der Waals surface area contributed by atoms with Gasteiger partial charge in [-0.25, -0.2) is 0 Å². The molecule has 1 saturated heterocycles. The van der Waals surface area contributed by atoms with Crippen LogP contribution >= 0.6 is 0 Å². The van der Waals surface area contributed by atoms with Crippen molar-refractivity contribution in [3.8, 4) is 6.07 Å². The fourth-order valence-electron chi connectivity index (χ4n) is 1.86. The van der Waals surface area contributed by atoms with Crippen molar-refractivity contribution in [1.29, 1.82) is 5.26 Å². The molecule has 0 unspecified atom stereocenters. The van der Waals surface area contributed by atoms with Crippen LogP contribution in [0, 0.1) is 11.3 Å². The first-order valence-electron chi connectivity index (χ1n) is 5.96. The minimum absolute atomic E-state index is 0.0579. The van der Waals surface area contributed by atoms with E-state index in [4.69, 9.17) is 5.26 Å². The summed E-state index contributed by atoms with van der Waals surface area (Å²) in [6.07, 6.45) is 0. The van der Waals surface area contributed by atoms with Gasteiger partial charge in [0, 0.05) is 18.8 Å². The Morgan fingerprint density at radius 3 is 2.79 bits per heavy atom. The Labute approximate surface area is 111 Å². The monoisotopic (exact) mass is 258 g/mol. The second kappa shape index (κ2) is 5.98. The topological polar surface area (TPSA) is 85.2 Å². The predicted octanol–water partition coefficient (Wildman–Crippen LogP) is -0.0714. The van der Waals surface area contributed by atoms with Crippen LogP contribution in [0.3, 0.4) is 0 Å². The number of amides is 2. The Morgan fingerprint density at radius 2 is 2.16 bits per heavy atom. The van der Waals surface area contributed by atoms with Gasteiger partial charge in [-0.05, 0) is 24.3 Å². The van der Waals surface area contributed by atoms with E-state index in [0.717, 1.165) is 0 Å². The maximum Gasteiger partial charge on any atom is 0.238 e. The first-order chi connectivity index (χ1) is 9.17. The van der Waals surface area contributed by atoms with Crippen LogP contribution < -0.4 is 10.6 Å². The summed E-state index contributed by atoms with van der Waals surface area (Å²) in [5.74, 6) is -0.225. The van der Waals surface area contributed by atoms with E-state index in [1.165, 1.54) is 0 Å². The van der Waals surface area contributed by atoms with Crippen molar-refractivity contribution in [1.82, 2.24) is 10.2 Å².